The fraction of sp³-hybridized carbons (Fsp3) is 0.450. The maximum absolute atomic E-state index is 10.6. The van der Waals surface area contributed by atoms with Crippen LogP contribution in [0.25, 0.3) is 10.9 Å². The molecule has 0 spiro atoms. The molecule has 168 valence electrons. The van der Waals surface area contributed by atoms with Gasteiger partial charge in [-0.05, 0) is 18.2 Å². The Kier molecular flexibility index (Phi) is 5.77. The molecule has 0 atom stereocenters. The van der Waals surface area contributed by atoms with Crippen LogP contribution >= 0.6 is 11.6 Å². The number of hydrogen-bond donors (Lipinski definition) is 1. The van der Waals surface area contributed by atoms with Gasteiger partial charge in [0.2, 0.25) is 17.8 Å². The topological polar surface area (TPSA) is 113 Å². The maximum atomic E-state index is 10.6. The molecule has 12 heteroatoms. The first-order chi connectivity index (χ1) is 15.6. The maximum Gasteiger partial charge on any atom is 0.275 e. The fourth-order valence-electron chi connectivity index (χ4n) is 3.77. The summed E-state index contributed by atoms with van der Waals surface area (Å²) in [6.45, 7) is 5.19. The van der Waals surface area contributed by atoms with Gasteiger partial charge in [0.05, 0.1) is 31.9 Å². The summed E-state index contributed by atoms with van der Waals surface area (Å²) in [5.74, 6) is 1.22. The molecule has 2 aliphatic heterocycles. The number of aromatic hydroxyl groups is 1. The van der Waals surface area contributed by atoms with E-state index in [2.05, 4.69) is 25.2 Å². The van der Waals surface area contributed by atoms with Crippen LogP contribution in [0.2, 0.25) is 5.02 Å². The van der Waals surface area contributed by atoms with Crippen molar-refractivity contribution in [1.82, 2.24) is 19.5 Å². The van der Waals surface area contributed by atoms with E-state index in [1.807, 2.05) is 15.9 Å². The molecule has 0 unspecified atom stereocenters. The molecule has 0 bridgehead atoms. The number of rotatable bonds is 4. The average Bonchev–Trinajstić information content (AvgIpc) is 3.07. The van der Waals surface area contributed by atoms with Crippen LogP contribution in [0.4, 0.5) is 23.5 Å². The minimum absolute atomic E-state index is 0.0121. The summed E-state index contributed by atoms with van der Waals surface area (Å²) in [4.78, 5) is 17.8. The standard InChI is InChI=1S/C20H23ClN8O3/c1-27-15-3-2-13(21)12-14(15)16(17(27)30)25-26-18-22-19(28-4-8-31-9-5-28)24-20(23-18)29-6-10-32-11-7-29/h2-3,12,30H,4-11H2,1H3. The number of azo groups is 1. The van der Waals surface area contributed by atoms with Crippen LogP contribution in [0.15, 0.2) is 28.4 Å². The van der Waals surface area contributed by atoms with Gasteiger partial charge in [0.25, 0.3) is 5.95 Å². The molecule has 5 rings (SSSR count). The summed E-state index contributed by atoms with van der Waals surface area (Å²) >= 11 is 6.16. The molecule has 1 aromatic carbocycles. The minimum Gasteiger partial charge on any atom is -0.493 e. The number of hydrogen-bond acceptors (Lipinski definition) is 10. The summed E-state index contributed by atoms with van der Waals surface area (Å²) in [6.07, 6.45) is 0. The first-order valence-electron chi connectivity index (χ1n) is 10.4. The monoisotopic (exact) mass is 458 g/mol. The zero-order valence-electron chi connectivity index (χ0n) is 17.6. The molecule has 11 nitrogen and oxygen atoms in total. The van der Waals surface area contributed by atoms with Crippen molar-refractivity contribution in [2.24, 2.45) is 17.3 Å². The Morgan fingerprint density at radius 1 is 0.906 bits per heavy atom. The van der Waals surface area contributed by atoms with E-state index in [0.717, 1.165) is 5.52 Å². The van der Waals surface area contributed by atoms with E-state index in [0.29, 0.717) is 80.6 Å². The van der Waals surface area contributed by atoms with E-state index in [4.69, 9.17) is 21.1 Å². The van der Waals surface area contributed by atoms with E-state index in [1.165, 1.54) is 0 Å². The first kappa shape index (κ1) is 20.9. The zero-order chi connectivity index (χ0) is 22.1. The molecule has 2 fully saturated rings. The third-order valence-corrected chi connectivity index (χ3v) is 5.77. The number of anilines is 2. The quantitative estimate of drug-likeness (QED) is 0.594. The lowest BCUT2D eigenvalue weighted by Crippen LogP contribution is -2.39. The smallest absolute Gasteiger partial charge is 0.275 e. The minimum atomic E-state index is -0.0121. The molecule has 2 aromatic heterocycles. The predicted molar refractivity (Wildman–Crippen MR) is 120 cm³/mol. The number of aromatic nitrogens is 4. The van der Waals surface area contributed by atoms with Crippen LogP contribution in [0.5, 0.6) is 5.88 Å². The number of nitrogens with zero attached hydrogens (tertiary/aromatic N) is 8. The van der Waals surface area contributed by atoms with E-state index in [-0.39, 0.29) is 11.8 Å². The largest absolute Gasteiger partial charge is 0.493 e. The van der Waals surface area contributed by atoms with Crippen molar-refractivity contribution < 1.29 is 14.6 Å². The Hall–Kier alpha value is -3.02. The Bertz CT molecular complexity index is 1120. The van der Waals surface area contributed by atoms with Crippen molar-refractivity contribution >= 4 is 46.0 Å². The molecule has 4 heterocycles. The van der Waals surface area contributed by atoms with Crippen molar-refractivity contribution in [3.63, 3.8) is 0 Å². The lowest BCUT2D eigenvalue weighted by molar-refractivity contribution is 0.121. The molecule has 0 aliphatic carbocycles. The second-order valence-corrected chi connectivity index (χ2v) is 7.96. The van der Waals surface area contributed by atoms with Crippen molar-refractivity contribution in [2.75, 3.05) is 62.4 Å². The van der Waals surface area contributed by atoms with Gasteiger partial charge >= 0.3 is 0 Å². The molecular weight excluding hydrogens is 436 g/mol. The second-order valence-electron chi connectivity index (χ2n) is 7.53. The van der Waals surface area contributed by atoms with Gasteiger partial charge in [-0.1, -0.05) is 11.6 Å². The summed E-state index contributed by atoms with van der Waals surface area (Å²) in [7, 11) is 1.75. The zero-order valence-corrected chi connectivity index (χ0v) is 18.4. The number of aryl methyl sites for hydroxylation is 1. The summed E-state index contributed by atoms with van der Waals surface area (Å²) in [5.41, 5.74) is 1.10. The van der Waals surface area contributed by atoms with E-state index in [9.17, 15) is 5.11 Å². The third kappa shape index (κ3) is 4.06. The molecule has 0 amide bonds. The highest BCUT2D eigenvalue weighted by Gasteiger charge is 2.21. The molecule has 2 saturated heterocycles. The van der Waals surface area contributed by atoms with Gasteiger partial charge < -0.3 is 28.9 Å². The Morgan fingerprint density at radius 2 is 1.50 bits per heavy atom. The fourth-order valence-corrected chi connectivity index (χ4v) is 3.95. The number of halogens is 1. The van der Waals surface area contributed by atoms with Crippen LogP contribution in [0.3, 0.4) is 0 Å². The Morgan fingerprint density at radius 3 is 2.09 bits per heavy atom. The highest BCUT2D eigenvalue weighted by Crippen LogP contribution is 2.39. The molecule has 0 radical (unpaired) electrons. The Labute approximate surface area is 189 Å². The molecule has 0 saturated carbocycles. The van der Waals surface area contributed by atoms with E-state index < -0.39 is 0 Å². The first-order valence-corrected chi connectivity index (χ1v) is 10.8. The summed E-state index contributed by atoms with van der Waals surface area (Å²) in [5, 5.41) is 20.4. The molecular formula is C20H23ClN8O3. The van der Waals surface area contributed by atoms with Crippen molar-refractivity contribution in [3.05, 3.63) is 23.2 Å². The van der Waals surface area contributed by atoms with Crippen LogP contribution in [0, 0.1) is 0 Å². The van der Waals surface area contributed by atoms with Gasteiger partial charge in [-0.15, -0.1) is 10.2 Å². The van der Waals surface area contributed by atoms with Crippen LogP contribution in [-0.4, -0.2) is 77.2 Å². The lowest BCUT2D eigenvalue weighted by atomic mass is 10.2. The predicted octanol–water partition coefficient (Wildman–Crippen LogP) is 2.81. The van der Waals surface area contributed by atoms with Crippen molar-refractivity contribution in [3.8, 4) is 5.88 Å². The van der Waals surface area contributed by atoms with E-state index >= 15 is 0 Å². The van der Waals surface area contributed by atoms with Crippen molar-refractivity contribution in [2.45, 2.75) is 0 Å². The third-order valence-electron chi connectivity index (χ3n) is 5.53. The molecule has 2 aliphatic rings. The van der Waals surface area contributed by atoms with Gasteiger partial charge in [0.1, 0.15) is 0 Å². The van der Waals surface area contributed by atoms with Gasteiger partial charge in [0.15, 0.2) is 5.69 Å². The van der Waals surface area contributed by atoms with Gasteiger partial charge in [-0.3, -0.25) is 0 Å². The number of benzene rings is 1. The Balaban J connectivity index is 1.54. The van der Waals surface area contributed by atoms with Crippen LogP contribution < -0.4 is 9.80 Å². The van der Waals surface area contributed by atoms with Gasteiger partial charge in [-0.2, -0.15) is 15.0 Å². The lowest BCUT2D eigenvalue weighted by Gasteiger charge is -2.29. The summed E-state index contributed by atoms with van der Waals surface area (Å²) in [6, 6.07) is 5.34. The van der Waals surface area contributed by atoms with Crippen LogP contribution in [-0.2, 0) is 16.5 Å². The molecule has 32 heavy (non-hydrogen) atoms. The number of fused-ring (bicyclic) bond motifs is 1. The second kappa shape index (κ2) is 8.85. The molecule has 1 N–H and O–H groups in total. The van der Waals surface area contributed by atoms with Gasteiger partial charge in [0, 0.05) is 43.6 Å². The SMILES string of the molecule is Cn1c(O)c(N=Nc2nc(N3CCOCC3)nc(N3CCOCC3)n2)c2cc(Cl)ccc21. The highest BCUT2D eigenvalue weighted by atomic mass is 35.5. The van der Waals surface area contributed by atoms with E-state index in [1.54, 1.807) is 23.7 Å². The highest BCUT2D eigenvalue weighted by molar-refractivity contribution is 6.31. The van der Waals surface area contributed by atoms with Crippen LogP contribution in [0.1, 0.15) is 0 Å². The average molecular weight is 459 g/mol. The molecule has 3 aromatic rings. The number of ether oxygens (including phenoxy) is 2. The van der Waals surface area contributed by atoms with Crippen molar-refractivity contribution in [1.29, 1.82) is 0 Å². The van der Waals surface area contributed by atoms with Gasteiger partial charge in [-0.25, -0.2) is 0 Å². The normalized spacial score (nSPS) is 17.6. The summed E-state index contributed by atoms with van der Waals surface area (Å²) < 4.78 is 12.5. The number of morpholine rings is 2.